The summed E-state index contributed by atoms with van der Waals surface area (Å²) >= 11 is 0. The predicted octanol–water partition coefficient (Wildman–Crippen LogP) is 1.76. The molecule has 0 radical (unpaired) electrons. The van der Waals surface area contributed by atoms with Crippen LogP contribution in [0.5, 0.6) is 5.75 Å². The molecule has 0 spiro atoms. The van der Waals surface area contributed by atoms with Crippen molar-refractivity contribution in [2.45, 2.75) is 12.3 Å². The minimum atomic E-state index is 0.705. The van der Waals surface area contributed by atoms with Crippen molar-refractivity contribution in [1.82, 2.24) is 0 Å². The van der Waals surface area contributed by atoms with E-state index < -0.39 is 0 Å². The van der Waals surface area contributed by atoms with Gasteiger partial charge in [-0.25, -0.2) is 0 Å². The third kappa shape index (κ3) is 1.68. The molecule has 0 aromatic heterocycles. The summed E-state index contributed by atoms with van der Waals surface area (Å²) in [5.41, 5.74) is 6.99. The number of methoxy groups -OCH3 is 1. The van der Waals surface area contributed by atoms with Crippen LogP contribution in [-0.4, -0.2) is 13.7 Å². The smallest absolute Gasteiger partial charge is 0.118 e. The van der Waals surface area contributed by atoms with Crippen molar-refractivity contribution in [2.24, 2.45) is 11.7 Å². The van der Waals surface area contributed by atoms with Gasteiger partial charge in [0.15, 0.2) is 0 Å². The fourth-order valence-electron chi connectivity index (χ4n) is 1.77. The number of rotatable bonds is 3. The fourth-order valence-corrected chi connectivity index (χ4v) is 1.77. The molecule has 2 nitrogen and oxygen atoms in total. The molecular formula is C11H15NO. The molecule has 1 fully saturated rings. The van der Waals surface area contributed by atoms with Gasteiger partial charge in [0.1, 0.15) is 5.75 Å². The Morgan fingerprint density at radius 2 is 2.08 bits per heavy atom. The molecule has 0 unspecified atom stereocenters. The van der Waals surface area contributed by atoms with Gasteiger partial charge in [-0.1, -0.05) is 12.1 Å². The zero-order valence-electron chi connectivity index (χ0n) is 7.86. The molecule has 13 heavy (non-hydrogen) atoms. The molecule has 2 rings (SSSR count). The van der Waals surface area contributed by atoms with Gasteiger partial charge in [0.25, 0.3) is 0 Å². The minimum Gasteiger partial charge on any atom is -0.497 e. The van der Waals surface area contributed by atoms with Crippen LogP contribution in [0.3, 0.4) is 0 Å². The van der Waals surface area contributed by atoms with Crippen molar-refractivity contribution >= 4 is 0 Å². The Balaban J connectivity index is 2.07. The molecule has 1 aliphatic carbocycles. The Morgan fingerprint density at radius 1 is 1.38 bits per heavy atom. The summed E-state index contributed by atoms with van der Waals surface area (Å²) in [5.74, 6) is 2.35. The van der Waals surface area contributed by atoms with Crippen molar-refractivity contribution in [3.05, 3.63) is 29.8 Å². The van der Waals surface area contributed by atoms with Gasteiger partial charge in [-0.05, 0) is 42.5 Å². The standard InChI is InChI=1S/C11H15NO/c1-13-10-4-2-8(3-5-10)11-6-9(11)7-12/h2-5,9,11H,6-7,12H2,1H3/t9-,11+/m0/s1. The molecule has 2 N–H and O–H groups in total. The van der Waals surface area contributed by atoms with Crippen molar-refractivity contribution in [2.75, 3.05) is 13.7 Å². The molecule has 0 amide bonds. The molecule has 0 heterocycles. The highest BCUT2D eigenvalue weighted by Gasteiger charge is 2.36. The maximum Gasteiger partial charge on any atom is 0.118 e. The second-order valence-electron chi connectivity index (χ2n) is 3.61. The van der Waals surface area contributed by atoms with Gasteiger partial charge in [0, 0.05) is 0 Å². The summed E-state index contributed by atoms with van der Waals surface area (Å²) in [6.45, 7) is 0.816. The van der Waals surface area contributed by atoms with E-state index in [4.69, 9.17) is 10.5 Å². The molecule has 1 aromatic rings. The van der Waals surface area contributed by atoms with Gasteiger partial charge in [-0.2, -0.15) is 0 Å². The second-order valence-corrected chi connectivity index (χ2v) is 3.61. The Kier molecular flexibility index (Phi) is 2.23. The van der Waals surface area contributed by atoms with Crippen LogP contribution in [0.4, 0.5) is 0 Å². The normalized spacial score (nSPS) is 25.7. The quantitative estimate of drug-likeness (QED) is 0.763. The Bertz CT molecular complexity index is 281. The van der Waals surface area contributed by atoms with E-state index >= 15 is 0 Å². The van der Waals surface area contributed by atoms with Crippen molar-refractivity contribution in [1.29, 1.82) is 0 Å². The largest absolute Gasteiger partial charge is 0.497 e. The first-order valence-electron chi connectivity index (χ1n) is 4.69. The van der Waals surface area contributed by atoms with E-state index in [0.717, 1.165) is 12.3 Å². The zero-order valence-corrected chi connectivity index (χ0v) is 7.86. The van der Waals surface area contributed by atoms with E-state index in [1.807, 2.05) is 12.1 Å². The molecule has 2 heteroatoms. The van der Waals surface area contributed by atoms with Crippen molar-refractivity contribution in [3.8, 4) is 5.75 Å². The average molecular weight is 177 g/mol. The maximum absolute atomic E-state index is 5.59. The number of benzene rings is 1. The van der Waals surface area contributed by atoms with Crippen LogP contribution in [0, 0.1) is 5.92 Å². The summed E-state index contributed by atoms with van der Waals surface area (Å²) in [5, 5.41) is 0. The topological polar surface area (TPSA) is 35.2 Å². The highest BCUT2D eigenvalue weighted by molar-refractivity contribution is 5.32. The van der Waals surface area contributed by atoms with E-state index in [1.165, 1.54) is 12.0 Å². The van der Waals surface area contributed by atoms with Gasteiger partial charge < -0.3 is 10.5 Å². The molecule has 1 saturated carbocycles. The van der Waals surface area contributed by atoms with Gasteiger partial charge in [-0.3, -0.25) is 0 Å². The summed E-state index contributed by atoms with van der Waals surface area (Å²) in [6, 6.07) is 8.31. The minimum absolute atomic E-state index is 0.705. The van der Waals surface area contributed by atoms with Crippen LogP contribution in [0.2, 0.25) is 0 Å². The van der Waals surface area contributed by atoms with Crippen LogP contribution in [-0.2, 0) is 0 Å². The predicted molar refractivity (Wildman–Crippen MR) is 52.9 cm³/mol. The third-order valence-electron chi connectivity index (χ3n) is 2.77. The van der Waals surface area contributed by atoms with Gasteiger partial charge >= 0.3 is 0 Å². The fraction of sp³-hybridized carbons (Fsp3) is 0.455. The van der Waals surface area contributed by atoms with Crippen LogP contribution < -0.4 is 10.5 Å². The summed E-state index contributed by atoms with van der Waals surface area (Å²) in [6.07, 6.45) is 1.25. The van der Waals surface area contributed by atoms with Crippen LogP contribution in [0.1, 0.15) is 17.9 Å². The van der Waals surface area contributed by atoms with Crippen molar-refractivity contribution < 1.29 is 4.74 Å². The Morgan fingerprint density at radius 3 is 2.54 bits per heavy atom. The maximum atomic E-state index is 5.59. The molecule has 1 aliphatic rings. The number of hydrogen-bond donors (Lipinski definition) is 1. The first-order chi connectivity index (χ1) is 6.35. The van der Waals surface area contributed by atoms with Crippen LogP contribution >= 0.6 is 0 Å². The monoisotopic (exact) mass is 177 g/mol. The van der Waals surface area contributed by atoms with E-state index in [2.05, 4.69) is 12.1 Å². The van der Waals surface area contributed by atoms with Crippen LogP contribution in [0.25, 0.3) is 0 Å². The highest BCUT2D eigenvalue weighted by Crippen LogP contribution is 2.46. The average Bonchev–Trinajstić information content (AvgIpc) is 2.97. The summed E-state index contributed by atoms with van der Waals surface area (Å²) < 4.78 is 5.10. The van der Waals surface area contributed by atoms with E-state index in [0.29, 0.717) is 11.8 Å². The van der Waals surface area contributed by atoms with Crippen molar-refractivity contribution in [3.63, 3.8) is 0 Å². The molecule has 0 saturated heterocycles. The zero-order chi connectivity index (χ0) is 9.26. The number of ether oxygens (including phenoxy) is 1. The lowest BCUT2D eigenvalue weighted by Gasteiger charge is -2.01. The molecule has 2 atom stereocenters. The number of nitrogens with two attached hydrogens (primary N) is 1. The first-order valence-corrected chi connectivity index (χ1v) is 4.69. The SMILES string of the molecule is COc1ccc([C@H]2C[C@H]2CN)cc1. The van der Waals surface area contributed by atoms with Gasteiger partial charge in [0.05, 0.1) is 7.11 Å². The lowest BCUT2D eigenvalue weighted by atomic mass is 10.1. The second kappa shape index (κ2) is 3.38. The Labute approximate surface area is 78.7 Å². The summed E-state index contributed by atoms with van der Waals surface area (Å²) in [4.78, 5) is 0. The molecule has 70 valence electrons. The van der Waals surface area contributed by atoms with Crippen LogP contribution in [0.15, 0.2) is 24.3 Å². The number of hydrogen-bond acceptors (Lipinski definition) is 2. The highest BCUT2D eigenvalue weighted by atomic mass is 16.5. The molecule has 1 aromatic carbocycles. The molecular weight excluding hydrogens is 162 g/mol. The summed E-state index contributed by atoms with van der Waals surface area (Å²) in [7, 11) is 1.69. The van der Waals surface area contributed by atoms with E-state index in [9.17, 15) is 0 Å². The third-order valence-corrected chi connectivity index (χ3v) is 2.77. The lowest BCUT2D eigenvalue weighted by Crippen LogP contribution is -2.01. The lowest BCUT2D eigenvalue weighted by molar-refractivity contribution is 0.414. The van der Waals surface area contributed by atoms with Gasteiger partial charge in [-0.15, -0.1) is 0 Å². The van der Waals surface area contributed by atoms with Gasteiger partial charge in [0.2, 0.25) is 0 Å². The first kappa shape index (κ1) is 8.57. The molecule has 0 aliphatic heterocycles. The van der Waals surface area contributed by atoms with E-state index in [1.54, 1.807) is 7.11 Å². The van der Waals surface area contributed by atoms with E-state index in [-0.39, 0.29) is 0 Å². The Hall–Kier alpha value is -1.02. The molecule has 0 bridgehead atoms.